The molecule has 0 radical (unpaired) electrons. The molecule has 2 atom stereocenters. The zero-order valence-corrected chi connectivity index (χ0v) is 17.9. The standard InChI is InChI=1S/C25H31N3O3/c29-23-12-22-14-27(13-20-7-4-8-21(11-20)24(30)31)18-25(28(22)15-23)16-26(17-25)10-9-19-5-2-1-3-6-19/h1-8,11,22-23,29H,9-10,12-18H2,(H,30,31)/t22-,23+/m0/s1. The predicted molar refractivity (Wildman–Crippen MR) is 119 cm³/mol. The summed E-state index contributed by atoms with van der Waals surface area (Å²) in [5.41, 5.74) is 2.86. The maximum absolute atomic E-state index is 11.3. The second-order valence-corrected chi connectivity index (χ2v) is 9.54. The third-order valence-electron chi connectivity index (χ3n) is 7.16. The number of aromatic carboxylic acids is 1. The van der Waals surface area contributed by atoms with E-state index in [-0.39, 0.29) is 11.6 Å². The zero-order chi connectivity index (χ0) is 21.4. The summed E-state index contributed by atoms with van der Waals surface area (Å²) in [5, 5.41) is 19.7. The summed E-state index contributed by atoms with van der Waals surface area (Å²) >= 11 is 0. The minimum absolute atomic E-state index is 0.0987. The number of likely N-dealkylation sites (tertiary alicyclic amines) is 1. The lowest BCUT2D eigenvalue weighted by molar-refractivity contribution is -0.114. The topological polar surface area (TPSA) is 67.2 Å². The number of hydrogen-bond donors (Lipinski definition) is 2. The summed E-state index contributed by atoms with van der Waals surface area (Å²) in [7, 11) is 0. The molecule has 6 nitrogen and oxygen atoms in total. The van der Waals surface area contributed by atoms with Gasteiger partial charge in [-0.2, -0.15) is 0 Å². The maximum atomic E-state index is 11.3. The molecule has 2 N–H and O–H groups in total. The van der Waals surface area contributed by atoms with Crippen LogP contribution in [0.3, 0.4) is 0 Å². The number of carbonyl (C=O) groups is 1. The van der Waals surface area contributed by atoms with Gasteiger partial charge in [-0.3, -0.25) is 14.7 Å². The monoisotopic (exact) mass is 421 g/mol. The highest BCUT2D eigenvalue weighted by molar-refractivity contribution is 5.87. The Labute approximate surface area is 183 Å². The van der Waals surface area contributed by atoms with Crippen molar-refractivity contribution in [1.29, 1.82) is 0 Å². The Balaban J connectivity index is 1.26. The van der Waals surface area contributed by atoms with E-state index < -0.39 is 5.97 Å². The molecular weight excluding hydrogens is 390 g/mol. The van der Waals surface area contributed by atoms with Crippen molar-refractivity contribution in [2.75, 3.05) is 39.3 Å². The number of hydrogen-bond acceptors (Lipinski definition) is 5. The lowest BCUT2D eigenvalue weighted by Crippen LogP contribution is -2.78. The predicted octanol–water partition coefficient (Wildman–Crippen LogP) is 1.93. The molecule has 0 unspecified atom stereocenters. The van der Waals surface area contributed by atoms with E-state index in [1.807, 2.05) is 12.1 Å². The largest absolute Gasteiger partial charge is 0.478 e. The van der Waals surface area contributed by atoms with Crippen LogP contribution in [-0.2, 0) is 13.0 Å². The van der Waals surface area contributed by atoms with Crippen molar-refractivity contribution < 1.29 is 15.0 Å². The van der Waals surface area contributed by atoms with Crippen LogP contribution >= 0.6 is 0 Å². The molecule has 6 heteroatoms. The lowest BCUT2D eigenvalue weighted by Gasteiger charge is -2.61. The van der Waals surface area contributed by atoms with Gasteiger partial charge in [0.25, 0.3) is 0 Å². The summed E-state index contributed by atoms with van der Waals surface area (Å²) in [5.74, 6) is -0.880. The Morgan fingerprint density at radius 3 is 2.48 bits per heavy atom. The molecule has 1 spiro atoms. The van der Waals surface area contributed by atoms with Crippen molar-refractivity contribution in [3.63, 3.8) is 0 Å². The number of β-amino-alcohol motifs (C(OH)–C–C–N with tert-alkyl or cyclic N) is 1. The molecule has 3 aliphatic heterocycles. The highest BCUT2D eigenvalue weighted by Crippen LogP contribution is 2.39. The van der Waals surface area contributed by atoms with E-state index in [0.717, 1.165) is 64.2 Å². The van der Waals surface area contributed by atoms with Crippen LogP contribution < -0.4 is 0 Å². The van der Waals surface area contributed by atoms with Crippen LogP contribution in [0.4, 0.5) is 0 Å². The van der Waals surface area contributed by atoms with E-state index in [9.17, 15) is 15.0 Å². The third-order valence-corrected chi connectivity index (χ3v) is 7.16. The van der Waals surface area contributed by atoms with Crippen LogP contribution in [0.1, 0.15) is 27.9 Å². The van der Waals surface area contributed by atoms with Crippen LogP contribution in [0.15, 0.2) is 54.6 Å². The molecule has 2 aromatic rings. The number of nitrogens with zero attached hydrogens (tertiary/aromatic N) is 3. The molecule has 5 rings (SSSR count). The summed E-state index contributed by atoms with van der Waals surface area (Å²) in [6.45, 7) is 6.57. The molecule has 164 valence electrons. The normalized spacial score (nSPS) is 26.0. The number of rotatable bonds is 6. The maximum Gasteiger partial charge on any atom is 0.335 e. The van der Waals surface area contributed by atoms with E-state index in [4.69, 9.17) is 0 Å². The Kier molecular flexibility index (Phi) is 5.56. The summed E-state index contributed by atoms with van der Waals surface area (Å²) in [6, 6.07) is 18.3. The van der Waals surface area contributed by atoms with Gasteiger partial charge in [0.1, 0.15) is 0 Å². The number of aliphatic hydroxyl groups is 1. The number of benzene rings is 2. The van der Waals surface area contributed by atoms with Crippen LogP contribution in [0.5, 0.6) is 0 Å². The number of fused-ring (bicyclic) bond motifs is 2. The van der Waals surface area contributed by atoms with Gasteiger partial charge in [0.15, 0.2) is 0 Å². The van der Waals surface area contributed by atoms with E-state index in [1.165, 1.54) is 5.56 Å². The number of carboxylic acids is 1. The molecule has 3 fully saturated rings. The summed E-state index contributed by atoms with van der Waals surface area (Å²) < 4.78 is 0. The smallest absolute Gasteiger partial charge is 0.335 e. The van der Waals surface area contributed by atoms with Gasteiger partial charge < -0.3 is 10.2 Å². The quantitative estimate of drug-likeness (QED) is 0.743. The second-order valence-electron chi connectivity index (χ2n) is 9.54. The third kappa shape index (κ3) is 4.26. The van der Waals surface area contributed by atoms with Crippen LogP contribution in [0.2, 0.25) is 0 Å². The van der Waals surface area contributed by atoms with Gasteiger partial charge in [-0.1, -0.05) is 42.5 Å². The van der Waals surface area contributed by atoms with Gasteiger partial charge in [0.05, 0.1) is 17.2 Å². The highest BCUT2D eigenvalue weighted by atomic mass is 16.4. The molecule has 31 heavy (non-hydrogen) atoms. The first-order valence-corrected chi connectivity index (χ1v) is 11.3. The second kappa shape index (κ2) is 8.36. The zero-order valence-electron chi connectivity index (χ0n) is 17.9. The van der Waals surface area contributed by atoms with Gasteiger partial charge in [-0.05, 0) is 36.1 Å². The average Bonchev–Trinajstić information content (AvgIpc) is 3.12. The van der Waals surface area contributed by atoms with Crippen molar-refractivity contribution in [1.82, 2.24) is 14.7 Å². The Morgan fingerprint density at radius 1 is 0.968 bits per heavy atom. The van der Waals surface area contributed by atoms with Crippen molar-refractivity contribution >= 4 is 5.97 Å². The first kappa shape index (κ1) is 20.6. The van der Waals surface area contributed by atoms with Crippen molar-refractivity contribution in [3.8, 4) is 0 Å². The molecule has 0 amide bonds. The Bertz CT molecular complexity index is 929. The summed E-state index contributed by atoms with van der Waals surface area (Å²) in [4.78, 5) is 18.9. The molecule has 2 aromatic carbocycles. The fourth-order valence-corrected chi connectivity index (χ4v) is 5.85. The van der Waals surface area contributed by atoms with E-state index >= 15 is 0 Å². The molecule has 0 aromatic heterocycles. The fourth-order valence-electron chi connectivity index (χ4n) is 5.85. The first-order valence-electron chi connectivity index (χ1n) is 11.3. The molecule has 3 heterocycles. The highest BCUT2D eigenvalue weighted by Gasteiger charge is 2.55. The van der Waals surface area contributed by atoms with Crippen LogP contribution in [0, 0.1) is 0 Å². The van der Waals surface area contributed by atoms with Gasteiger partial charge >= 0.3 is 5.97 Å². The van der Waals surface area contributed by atoms with Crippen molar-refractivity contribution in [2.24, 2.45) is 0 Å². The minimum Gasteiger partial charge on any atom is -0.478 e. The number of carboxylic acid groups (broad SMARTS) is 1. The molecule has 0 aliphatic carbocycles. The first-order chi connectivity index (χ1) is 15.0. The minimum atomic E-state index is -0.880. The number of aliphatic hydroxyl groups excluding tert-OH is 1. The molecular formula is C25H31N3O3. The molecule has 0 saturated carbocycles. The van der Waals surface area contributed by atoms with Gasteiger partial charge in [0.2, 0.25) is 0 Å². The van der Waals surface area contributed by atoms with Gasteiger partial charge in [-0.25, -0.2) is 4.79 Å². The lowest BCUT2D eigenvalue weighted by atomic mass is 9.83. The van der Waals surface area contributed by atoms with Crippen molar-refractivity contribution in [2.45, 2.75) is 37.1 Å². The van der Waals surface area contributed by atoms with Crippen LogP contribution in [-0.4, -0.2) is 87.8 Å². The summed E-state index contributed by atoms with van der Waals surface area (Å²) in [6.07, 6.45) is 1.65. The van der Waals surface area contributed by atoms with Gasteiger partial charge in [0, 0.05) is 51.9 Å². The van der Waals surface area contributed by atoms with Gasteiger partial charge in [-0.15, -0.1) is 0 Å². The Hall–Kier alpha value is -2.25. The fraction of sp³-hybridized carbons (Fsp3) is 0.480. The van der Waals surface area contributed by atoms with Crippen molar-refractivity contribution in [3.05, 3.63) is 71.3 Å². The van der Waals surface area contributed by atoms with E-state index in [1.54, 1.807) is 12.1 Å². The SMILES string of the molecule is O=C(O)c1cccc(CN2C[C@@H]3C[C@@H](O)CN3C3(C2)CN(CCc2ccccc2)C3)c1. The van der Waals surface area contributed by atoms with E-state index in [0.29, 0.717) is 11.6 Å². The Morgan fingerprint density at radius 2 is 1.71 bits per heavy atom. The average molecular weight is 422 g/mol. The van der Waals surface area contributed by atoms with E-state index in [2.05, 4.69) is 45.0 Å². The molecule has 3 saturated heterocycles. The number of piperazine rings is 1. The molecule has 3 aliphatic rings. The molecule has 0 bridgehead atoms. The van der Waals surface area contributed by atoms with Crippen LogP contribution in [0.25, 0.3) is 0 Å².